The van der Waals surface area contributed by atoms with Gasteiger partial charge in [-0.05, 0) is 30.7 Å². The lowest BCUT2D eigenvalue weighted by atomic mass is 9.83. The van der Waals surface area contributed by atoms with Crippen LogP contribution in [0.25, 0.3) is 0 Å². The van der Waals surface area contributed by atoms with Crippen LogP contribution in [0.4, 0.5) is 4.39 Å². The maximum Gasteiger partial charge on any atom is 0.165 e. The Labute approximate surface area is 109 Å². The standard InChI is InChI=1S/C15H22FNO/c1-5-15(3,11-17-6-2)10-12-7-8-14(18-4)13(16)9-12/h5,7-9,17H,1,6,10-11H2,2-4H3. The van der Waals surface area contributed by atoms with E-state index >= 15 is 0 Å². The molecule has 1 rings (SSSR count). The highest BCUT2D eigenvalue weighted by Crippen LogP contribution is 2.26. The Balaban J connectivity index is 2.81. The average Bonchev–Trinajstić information content (AvgIpc) is 2.37. The van der Waals surface area contributed by atoms with E-state index in [1.165, 1.54) is 13.2 Å². The van der Waals surface area contributed by atoms with Crippen LogP contribution in [-0.4, -0.2) is 20.2 Å². The van der Waals surface area contributed by atoms with Crippen molar-refractivity contribution >= 4 is 0 Å². The third kappa shape index (κ3) is 3.84. The largest absolute Gasteiger partial charge is 0.494 e. The van der Waals surface area contributed by atoms with Crippen molar-refractivity contribution in [3.63, 3.8) is 0 Å². The molecule has 0 aromatic heterocycles. The molecule has 1 aromatic carbocycles. The molecule has 3 heteroatoms. The highest BCUT2D eigenvalue weighted by molar-refractivity contribution is 5.30. The predicted octanol–water partition coefficient (Wildman–Crippen LogP) is 3.18. The topological polar surface area (TPSA) is 21.3 Å². The maximum atomic E-state index is 13.6. The van der Waals surface area contributed by atoms with Crippen LogP contribution in [0, 0.1) is 11.2 Å². The molecule has 0 amide bonds. The van der Waals surface area contributed by atoms with Gasteiger partial charge in [-0.25, -0.2) is 4.39 Å². The number of hydrogen-bond acceptors (Lipinski definition) is 2. The molecule has 0 aliphatic heterocycles. The van der Waals surface area contributed by atoms with Gasteiger partial charge < -0.3 is 10.1 Å². The zero-order chi connectivity index (χ0) is 13.6. The van der Waals surface area contributed by atoms with Gasteiger partial charge in [0.2, 0.25) is 0 Å². The van der Waals surface area contributed by atoms with E-state index in [9.17, 15) is 4.39 Å². The molecule has 1 N–H and O–H groups in total. The van der Waals surface area contributed by atoms with Crippen molar-refractivity contribution in [1.82, 2.24) is 5.32 Å². The lowest BCUT2D eigenvalue weighted by molar-refractivity contribution is 0.381. The number of ether oxygens (including phenoxy) is 1. The smallest absolute Gasteiger partial charge is 0.165 e. The van der Waals surface area contributed by atoms with Gasteiger partial charge in [0, 0.05) is 12.0 Å². The summed E-state index contributed by atoms with van der Waals surface area (Å²) in [5, 5.41) is 3.31. The van der Waals surface area contributed by atoms with E-state index in [0.29, 0.717) is 0 Å². The second kappa shape index (κ2) is 6.55. The van der Waals surface area contributed by atoms with Crippen LogP contribution < -0.4 is 10.1 Å². The first-order chi connectivity index (χ1) is 8.54. The molecule has 0 spiro atoms. The van der Waals surface area contributed by atoms with Crippen LogP contribution >= 0.6 is 0 Å². The first-order valence-corrected chi connectivity index (χ1v) is 6.21. The van der Waals surface area contributed by atoms with Gasteiger partial charge in [0.25, 0.3) is 0 Å². The van der Waals surface area contributed by atoms with Gasteiger partial charge in [0.15, 0.2) is 11.6 Å². The van der Waals surface area contributed by atoms with Crippen LogP contribution in [0.2, 0.25) is 0 Å². The molecular formula is C15H22FNO. The maximum absolute atomic E-state index is 13.6. The molecule has 18 heavy (non-hydrogen) atoms. The Morgan fingerprint density at radius 2 is 2.22 bits per heavy atom. The molecule has 0 heterocycles. The van der Waals surface area contributed by atoms with Crippen LogP contribution in [-0.2, 0) is 6.42 Å². The molecule has 0 radical (unpaired) electrons. The van der Waals surface area contributed by atoms with Crippen molar-refractivity contribution in [1.29, 1.82) is 0 Å². The Morgan fingerprint density at radius 3 is 2.72 bits per heavy atom. The Hall–Kier alpha value is -1.35. The minimum absolute atomic E-state index is 0.0724. The summed E-state index contributed by atoms with van der Waals surface area (Å²) in [7, 11) is 1.47. The van der Waals surface area contributed by atoms with Gasteiger partial charge in [-0.15, -0.1) is 6.58 Å². The molecule has 1 atom stereocenters. The second-order valence-corrected chi connectivity index (χ2v) is 4.78. The molecular weight excluding hydrogens is 229 g/mol. The highest BCUT2D eigenvalue weighted by Gasteiger charge is 2.20. The van der Waals surface area contributed by atoms with Gasteiger partial charge in [0.05, 0.1) is 7.11 Å². The van der Waals surface area contributed by atoms with E-state index < -0.39 is 0 Å². The van der Waals surface area contributed by atoms with E-state index in [0.717, 1.165) is 25.1 Å². The Morgan fingerprint density at radius 1 is 1.50 bits per heavy atom. The normalized spacial score (nSPS) is 14.0. The number of halogens is 1. The number of hydrogen-bond donors (Lipinski definition) is 1. The fourth-order valence-electron chi connectivity index (χ4n) is 1.90. The van der Waals surface area contributed by atoms with Crippen molar-refractivity contribution in [2.75, 3.05) is 20.2 Å². The second-order valence-electron chi connectivity index (χ2n) is 4.78. The molecule has 0 saturated carbocycles. The summed E-state index contributed by atoms with van der Waals surface area (Å²) in [4.78, 5) is 0. The van der Waals surface area contributed by atoms with Crippen molar-refractivity contribution in [2.24, 2.45) is 5.41 Å². The molecule has 1 unspecified atom stereocenters. The average molecular weight is 251 g/mol. The summed E-state index contributed by atoms with van der Waals surface area (Å²) in [6.45, 7) is 9.81. The number of benzene rings is 1. The van der Waals surface area contributed by atoms with Crippen LogP contribution in [0.5, 0.6) is 5.75 Å². The third-order valence-corrected chi connectivity index (χ3v) is 3.10. The monoisotopic (exact) mass is 251 g/mol. The van der Waals surface area contributed by atoms with Gasteiger partial charge >= 0.3 is 0 Å². The quantitative estimate of drug-likeness (QED) is 0.751. The van der Waals surface area contributed by atoms with Crippen molar-refractivity contribution in [2.45, 2.75) is 20.3 Å². The summed E-state index contributed by atoms with van der Waals surface area (Å²) >= 11 is 0. The van der Waals surface area contributed by atoms with E-state index in [1.54, 1.807) is 6.07 Å². The first kappa shape index (κ1) is 14.7. The highest BCUT2D eigenvalue weighted by atomic mass is 19.1. The Kier molecular flexibility index (Phi) is 5.35. The summed E-state index contributed by atoms with van der Waals surface area (Å²) in [5.74, 6) is -0.0318. The van der Waals surface area contributed by atoms with Crippen LogP contribution in [0.1, 0.15) is 19.4 Å². The number of rotatable bonds is 7. The molecule has 0 bridgehead atoms. The fraction of sp³-hybridized carbons (Fsp3) is 0.467. The molecule has 0 fully saturated rings. The van der Waals surface area contributed by atoms with E-state index in [4.69, 9.17) is 4.74 Å². The fourth-order valence-corrected chi connectivity index (χ4v) is 1.90. The van der Waals surface area contributed by atoms with Gasteiger partial charge in [-0.2, -0.15) is 0 Å². The van der Waals surface area contributed by atoms with Crippen LogP contribution in [0.15, 0.2) is 30.9 Å². The molecule has 0 saturated heterocycles. The molecule has 1 aromatic rings. The van der Waals surface area contributed by atoms with Crippen LogP contribution in [0.3, 0.4) is 0 Å². The predicted molar refractivity (Wildman–Crippen MR) is 73.5 cm³/mol. The zero-order valence-electron chi connectivity index (χ0n) is 11.4. The summed E-state index contributed by atoms with van der Waals surface area (Å²) in [5.41, 5.74) is 0.880. The van der Waals surface area contributed by atoms with Crippen molar-refractivity contribution in [3.8, 4) is 5.75 Å². The molecule has 100 valence electrons. The van der Waals surface area contributed by atoms with Gasteiger partial charge in [-0.1, -0.05) is 26.0 Å². The molecule has 2 nitrogen and oxygen atoms in total. The van der Waals surface area contributed by atoms with Gasteiger partial charge in [0.1, 0.15) is 0 Å². The lowest BCUT2D eigenvalue weighted by Crippen LogP contribution is -2.31. The van der Waals surface area contributed by atoms with Gasteiger partial charge in [-0.3, -0.25) is 0 Å². The number of methoxy groups -OCH3 is 1. The SMILES string of the molecule is C=CC(C)(CNCC)Cc1ccc(OC)c(F)c1. The lowest BCUT2D eigenvalue weighted by Gasteiger charge is -2.26. The minimum atomic E-state index is -0.315. The third-order valence-electron chi connectivity index (χ3n) is 3.10. The molecule has 0 aliphatic rings. The minimum Gasteiger partial charge on any atom is -0.494 e. The zero-order valence-corrected chi connectivity index (χ0v) is 11.4. The number of nitrogens with one attached hydrogen (secondary N) is 1. The summed E-state index contributed by atoms with van der Waals surface area (Å²) < 4.78 is 18.5. The summed E-state index contributed by atoms with van der Waals surface area (Å²) in [6.07, 6.45) is 2.68. The van der Waals surface area contributed by atoms with E-state index in [2.05, 4.69) is 25.7 Å². The Bertz CT molecular complexity index is 405. The van der Waals surface area contributed by atoms with Crippen molar-refractivity contribution in [3.05, 3.63) is 42.2 Å². The summed E-state index contributed by atoms with van der Waals surface area (Å²) in [6, 6.07) is 5.10. The molecule has 0 aliphatic carbocycles. The first-order valence-electron chi connectivity index (χ1n) is 6.21. The van der Waals surface area contributed by atoms with Crippen molar-refractivity contribution < 1.29 is 9.13 Å². The van der Waals surface area contributed by atoms with E-state index in [1.807, 2.05) is 12.1 Å². The van der Waals surface area contributed by atoms with E-state index in [-0.39, 0.29) is 17.0 Å².